The number of hydrogen-bond acceptors (Lipinski definition) is 5. The van der Waals surface area contributed by atoms with Crippen molar-refractivity contribution in [2.45, 2.75) is 18.6 Å². The van der Waals surface area contributed by atoms with Gasteiger partial charge in [0.05, 0.1) is 25.0 Å². The van der Waals surface area contributed by atoms with Crippen molar-refractivity contribution in [2.24, 2.45) is 0 Å². The van der Waals surface area contributed by atoms with Gasteiger partial charge < -0.3 is 19.6 Å². The molecule has 0 saturated carbocycles. The molecule has 1 aromatic heterocycles. The Morgan fingerprint density at radius 2 is 2.35 bits per heavy atom. The highest BCUT2D eigenvalue weighted by Gasteiger charge is 2.35. The molecule has 0 radical (unpaired) electrons. The van der Waals surface area contributed by atoms with Gasteiger partial charge in [-0.15, -0.1) is 0 Å². The molecule has 20 heavy (non-hydrogen) atoms. The van der Waals surface area contributed by atoms with Crippen LogP contribution in [0.5, 0.6) is 5.75 Å². The fraction of sp³-hybridized carbons (Fsp3) is 0.571. The quantitative estimate of drug-likeness (QED) is 0.854. The Morgan fingerprint density at radius 1 is 1.60 bits per heavy atom. The molecule has 2 rings (SSSR count). The van der Waals surface area contributed by atoms with E-state index in [1.54, 1.807) is 17.2 Å². The molecule has 1 aliphatic heterocycles. The van der Waals surface area contributed by atoms with E-state index < -0.39 is 6.10 Å². The van der Waals surface area contributed by atoms with Crippen molar-refractivity contribution in [1.82, 2.24) is 14.8 Å². The standard InChI is InChI=1S/C14H21N3O3/c1-16(2)8-10-6-11(18)9-17(10)14(19)12-4-5-15-7-13(12)20-3/h4-5,7,10-11,18H,6,8-9H2,1-3H3. The minimum absolute atomic E-state index is 0.0189. The number of likely N-dealkylation sites (N-methyl/N-ethyl adjacent to an activating group) is 1. The average Bonchev–Trinajstić information content (AvgIpc) is 2.77. The summed E-state index contributed by atoms with van der Waals surface area (Å²) in [5.41, 5.74) is 0.486. The Morgan fingerprint density at radius 3 is 3.00 bits per heavy atom. The van der Waals surface area contributed by atoms with Crippen molar-refractivity contribution in [3.8, 4) is 5.75 Å². The molecule has 2 atom stereocenters. The van der Waals surface area contributed by atoms with Crippen molar-refractivity contribution >= 4 is 5.91 Å². The number of carbonyl (C=O) groups excluding carboxylic acids is 1. The van der Waals surface area contributed by atoms with Crippen LogP contribution in [0, 0.1) is 0 Å². The van der Waals surface area contributed by atoms with Gasteiger partial charge >= 0.3 is 0 Å². The molecule has 2 unspecified atom stereocenters. The zero-order chi connectivity index (χ0) is 14.7. The molecule has 1 fully saturated rings. The van der Waals surface area contributed by atoms with Crippen LogP contribution in [0.25, 0.3) is 0 Å². The Bertz CT molecular complexity index is 478. The molecule has 0 spiro atoms. The van der Waals surface area contributed by atoms with Gasteiger partial charge in [0.2, 0.25) is 0 Å². The van der Waals surface area contributed by atoms with Crippen molar-refractivity contribution in [1.29, 1.82) is 0 Å². The van der Waals surface area contributed by atoms with Crippen LogP contribution < -0.4 is 4.74 Å². The zero-order valence-corrected chi connectivity index (χ0v) is 12.1. The first-order chi connectivity index (χ1) is 9.52. The highest BCUT2D eigenvalue weighted by Crippen LogP contribution is 2.24. The minimum atomic E-state index is -0.461. The van der Waals surface area contributed by atoms with Crippen molar-refractivity contribution in [2.75, 3.05) is 34.3 Å². The number of pyridine rings is 1. The molecular weight excluding hydrogens is 258 g/mol. The lowest BCUT2D eigenvalue weighted by molar-refractivity contribution is 0.0695. The number of hydrogen-bond donors (Lipinski definition) is 1. The van der Waals surface area contributed by atoms with E-state index in [0.29, 0.717) is 24.3 Å². The summed E-state index contributed by atoms with van der Waals surface area (Å²) in [6, 6.07) is 1.67. The van der Waals surface area contributed by atoms with E-state index in [1.807, 2.05) is 19.0 Å². The van der Waals surface area contributed by atoms with Crippen molar-refractivity contribution < 1.29 is 14.6 Å². The molecular formula is C14H21N3O3. The summed E-state index contributed by atoms with van der Waals surface area (Å²) in [6.45, 7) is 1.10. The smallest absolute Gasteiger partial charge is 0.258 e. The molecule has 6 heteroatoms. The molecule has 110 valence electrons. The van der Waals surface area contributed by atoms with Crippen LogP contribution in [0.3, 0.4) is 0 Å². The second kappa shape index (κ2) is 6.19. The molecule has 1 aromatic rings. The van der Waals surface area contributed by atoms with E-state index in [4.69, 9.17) is 4.74 Å². The van der Waals surface area contributed by atoms with Gasteiger partial charge in [-0.2, -0.15) is 0 Å². The second-order valence-electron chi connectivity index (χ2n) is 5.34. The van der Waals surface area contributed by atoms with Gasteiger partial charge in [-0.05, 0) is 26.6 Å². The van der Waals surface area contributed by atoms with Crippen molar-refractivity contribution in [3.05, 3.63) is 24.0 Å². The van der Waals surface area contributed by atoms with Crippen LogP contribution >= 0.6 is 0 Å². The van der Waals surface area contributed by atoms with Crippen LogP contribution in [-0.2, 0) is 0 Å². The molecule has 2 heterocycles. The average molecular weight is 279 g/mol. The first-order valence-electron chi connectivity index (χ1n) is 6.64. The number of amides is 1. The molecule has 1 aliphatic rings. The summed E-state index contributed by atoms with van der Waals surface area (Å²) in [5.74, 6) is 0.343. The number of aromatic nitrogens is 1. The van der Waals surface area contributed by atoms with Crippen LogP contribution in [0.4, 0.5) is 0 Å². The van der Waals surface area contributed by atoms with E-state index in [-0.39, 0.29) is 11.9 Å². The lowest BCUT2D eigenvalue weighted by Crippen LogP contribution is -2.41. The van der Waals surface area contributed by atoms with E-state index in [1.165, 1.54) is 13.3 Å². The largest absolute Gasteiger partial charge is 0.494 e. The number of rotatable bonds is 4. The maximum atomic E-state index is 12.7. The normalized spacial score (nSPS) is 22.4. The van der Waals surface area contributed by atoms with Crippen LogP contribution in [-0.4, -0.2) is 72.2 Å². The molecule has 6 nitrogen and oxygen atoms in total. The molecule has 0 aliphatic carbocycles. The van der Waals surface area contributed by atoms with Gasteiger partial charge in [0, 0.05) is 25.3 Å². The Labute approximate surface area is 119 Å². The summed E-state index contributed by atoms with van der Waals surface area (Å²) in [5, 5.41) is 9.85. The third-order valence-corrected chi connectivity index (χ3v) is 3.46. The van der Waals surface area contributed by atoms with E-state index in [2.05, 4.69) is 4.98 Å². The monoisotopic (exact) mass is 279 g/mol. The van der Waals surface area contributed by atoms with E-state index >= 15 is 0 Å². The van der Waals surface area contributed by atoms with Gasteiger partial charge in [-0.25, -0.2) is 0 Å². The topological polar surface area (TPSA) is 65.9 Å². The molecule has 1 amide bonds. The number of aliphatic hydroxyl groups excluding tert-OH is 1. The number of aliphatic hydroxyl groups is 1. The number of nitrogens with zero attached hydrogens (tertiary/aromatic N) is 3. The third-order valence-electron chi connectivity index (χ3n) is 3.46. The fourth-order valence-electron chi connectivity index (χ4n) is 2.61. The van der Waals surface area contributed by atoms with Gasteiger partial charge in [-0.3, -0.25) is 9.78 Å². The maximum Gasteiger partial charge on any atom is 0.258 e. The number of ether oxygens (including phenoxy) is 1. The summed E-state index contributed by atoms with van der Waals surface area (Å²) in [6.07, 6.45) is 3.25. The number of methoxy groups -OCH3 is 1. The van der Waals surface area contributed by atoms with Gasteiger partial charge in [0.1, 0.15) is 5.75 Å². The van der Waals surface area contributed by atoms with Crippen LogP contribution in [0.2, 0.25) is 0 Å². The summed E-state index contributed by atoms with van der Waals surface area (Å²) >= 11 is 0. The highest BCUT2D eigenvalue weighted by atomic mass is 16.5. The van der Waals surface area contributed by atoms with Crippen LogP contribution in [0.1, 0.15) is 16.8 Å². The highest BCUT2D eigenvalue weighted by molar-refractivity contribution is 5.97. The fourth-order valence-corrected chi connectivity index (χ4v) is 2.61. The van der Waals surface area contributed by atoms with Crippen molar-refractivity contribution in [3.63, 3.8) is 0 Å². The number of β-amino-alcohol motifs (C(OH)–C–C–N with tert-alkyl or cyclic N) is 1. The lowest BCUT2D eigenvalue weighted by Gasteiger charge is -2.27. The van der Waals surface area contributed by atoms with E-state index in [0.717, 1.165) is 6.54 Å². The molecule has 1 N–H and O–H groups in total. The summed E-state index contributed by atoms with van der Waals surface area (Å²) in [4.78, 5) is 20.4. The first kappa shape index (κ1) is 14.7. The van der Waals surface area contributed by atoms with Gasteiger partial charge in [0.25, 0.3) is 5.91 Å². The van der Waals surface area contributed by atoms with Gasteiger partial charge in [-0.1, -0.05) is 0 Å². The Kier molecular flexibility index (Phi) is 4.57. The van der Waals surface area contributed by atoms with Crippen LogP contribution in [0.15, 0.2) is 18.5 Å². The maximum absolute atomic E-state index is 12.7. The second-order valence-corrected chi connectivity index (χ2v) is 5.34. The Hall–Kier alpha value is -1.66. The zero-order valence-electron chi connectivity index (χ0n) is 12.1. The molecule has 0 bridgehead atoms. The Balaban J connectivity index is 2.22. The van der Waals surface area contributed by atoms with E-state index in [9.17, 15) is 9.90 Å². The molecule has 1 saturated heterocycles. The number of carbonyl (C=O) groups is 1. The summed E-state index contributed by atoms with van der Waals surface area (Å²) in [7, 11) is 5.44. The van der Waals surface area contributed by atoms with Gasteiger partial charge in [0.15, 0.2) is 0 Å². The SMILES string of the molecule is COc1cnccc1C(=O)N1CC(O)CC1CN(C)C. The molecule has 0 aromatic carbocycles. The summed E-state index contributed by atoms with van der Waals surface area (Å²) < 4.78 is 5.19. The predicted octanol–water partition coefficient (Wildman–Crippen LogP) is 0.227. The first-order valence-corrected chi connectivity index (χ1v) is 6.64. The number of likely N-dealkylation sites (tertiary alicyclic amines) is 1. The minimum Gasteiger partial charge on any atom is -0.494 e. The predicted molar refractivity (Wildman–Crippen MR) is 74.8 cm³/mol. The third kappa shape index (κ3) is 3.08. The lowest BCUT2D eigenvalue weighted by atomic mass is 10.1.